The second kappa shape index (κ2) is 6.81. The first kappa shape index (κ1) is 16.6. The number of pyridine rings is 2. The van der Waals surface area contributed by atoms with Gasteiger partial charge in [-0.05, 0) is 30.3 Å². The van der Waals surface area contributed by atoms with Gasteiger partial charge in [0.05, 0.1) is 22.5 Å². The monoisotopic (exact) mass is 379 g/mol. The van der Waals surface area contributed by atoms with Crippen LogP contribution in [0.2, 0.25) is 0 Å². The average molecular weight is 379 g/mol. The van der Waals surface area contributed by atoms with E-state index < -0.39 is 0 Å². The first-order chi connectivity index (χ1) is 12.6. The van der Waals surface area contributed by atoms with E-state index in [0.717, 1.165) is 16.8 Å². The Hall–Kier alpha value is -2.84. The molecule has 3 aromatic rings. The quantitative estimate of drug-likeness (QED) is 0.514. The van der Waals surface area contributed by atoms with Gasteiger partial charge in [-0.25, -0.2) is 0 Å². The third kappa shape index (κ3) is 3.04. The molecule has 4 rings (SSSR count). The van der Waals surface area contributed by atoms with Crippen molar-refractivity contribution in [1.82, 2.24) is 19.7 Å². The van der Waals surface area contributed by atoms with Crippen molar-refractivity contribution in [2.45, 2.75) is 0 Å². The Kier molecular flexibility index (Phi) is 4.36. The summed E-state index contributed by atoms with van der Waals surface area (Å²) in [5.74, 6) is -0.155. The third-order valence-corrected chi connectivity index (χ3v) is 5.10. The van der Waals surface area contributed by atoms with Gasteiger partial charge in [0, 0.05) is 43.0 Å². The number of carbonyl (C=O) groups is 1. The number of rotatable bonds is 3. The number of aryl methyl sites for hydroxylation is 1. The molecule has 3 aromatic heterocycles. The highest BCUT2D eigenvalue weighted by molar-refractivity contribution is 8.27. The summed E-state index contributed by atoms with van der Waals surface area (Å²) in [5.41, 5.74) is 3.25. The van der Waals surface area contributed by atoms with Gasteiger partial charge in [0.1, 0.15) is 0 Å². The highest BCUT2D eigenvalue weighted by Crippen LogP contribution is 2.36. The van der Waals surface area contributed by atoms with E-state index >= 15 is 0 Å². The second-order valence-electron chi connectivity index (χ2n) is 5.57. The molecule has 26 heavy (non-hydrogen) atoms. The molecule has 6 nitrogen and oxygen atoms in total. The summed E-state index contributed by atoms with van der Waals surface area (Å²) in [7, 11) is 1.85. The summed E-state index contributed by atoms with van der Waals surface area (Å²) < 4.78 is 2.22. The molecule has 0 radical (unpaired) electrons. The van der Waals surface area contributed by atoms with Crippen molar-refractivity contribution in [1.29, 1.82) is 0 Å². The maximum atomic E-state index is 12.9. The molecule has 4 heterocycles. The van der Waals surface area contributed by atoms with Crippen LogP contribution in [0.5, 0.6) is 0 Å². The van der Waals surface area contributed by atoms with Gasteiger partial charge >= 0.3 is 0 Å². The van der Waals surface area contributed by atoms with Crippen LogP contribution in [0.15, 0.2) is 60.2 Å². The molecule has 1 saturated heterocycles. The number of hydrogen-bond donors (Lipinski definition) is 0. The summed E-state index contributed by atoms with van der Waals surface area (Å²) in [6, 6.07) is 7.37. The Morgan fingerprint density at radius 3 is 2.69 bits per heavy atom. The lowest BCUT2D eigenvalue weighted by molar-refractivity contribution is -0.113. The Bertz CT molecular complexity index is 1010. The van der Waals surface area contributed by atoms with Gasteiger partial charge in [0.15, 0.2) is 4.32 Å². The zero-order valence-electron chi connectivity index (χ0n) is 13.7. The van der Waals surface area contributed by atoms with E-state index in [4.69, 9.17) is 12.2 Å². The molecule has 0 atom stereocenters. The molecule has 1 aliphatic rings. The van der Waals surface area contributed by atoms with Crippen LogP contribution < -0.4 is 4.90 Å². The Morgan fingerprint density at radius 1 is 1.15 bits per heavy atom. The fourth-order valence-corrected chi connectivity index (χ4v) is 3.95. The zero-order chi connectivity index (χ0) is 18.1. The maximum absolute atomic E-state index is 12.9. The van der Waals surface area contributed by atoms with E-state index in [0.29, 0.717) is 14.9 Å². The molecule has 0 spiro atoms. The number of amides is 1. The van der Waals surface area contributed by atoms with Crippen molar-refractivity contribution < 1.29 is 4.79 Å². The van der Waals surface area contributed by atoms with Gasteiger partial charge < -0.3 is 0 Å². The number of anilines is 1. The van der Waals surface area contributed by atoms with Crippen LogP contribution in [0, 0.1) is 0 Å². The molecule has 0 aliphatic carbocycles. The number of carbonyl (C=O) groups excluding carboxylic acids is 1. The van der Waals surface area contributed by atoms with E-state index in [1.165, 1.54) is 16.7 Å². The number of hydrogen-bond acceptors (Lipinski definition) is 6. The first-order valence-electron chi connectivity index (χ1n) is 7.75. The minimum atomic E-state index is -0.155. The first-order valence-corrected chi connectivity index (χ1v) is 8.98. The molecule has 1 fully saturated rings. The molecule has 8 heteroatoms. The van der Waals surface area contributed by atoms with E-state index in [2.05, 4.69) is 15.1 Å². The molecule has 128 valence electrons. The largest absolute Gasteiger partial charge is 0.275 e. The van der Waals surface area contributed by atoms with Gasteiger partial charge in [-0.15, -0.1) is 0 Å². The molecule has 1 aliphatic heterocycles. The van der Waals surface area contributed by atoms with E-state index in [9.17, 15) is 4.79 Å². The van der Waals surface area contributed by atoms with Crippen LogP contribution in [0.25, 0.3) is 17.3 Å². The number of thiocarbonyl (C=S) groups is 1. The summed E-state index contributed by atoms with van der Waals surface area (Å²) in [6.45, 7) is 0. The second-order valence-corrected chi connectivity index (χ2v) is 7.25. The van der Waals surface area contributed by atoms with Crippen LogP contribution in [0.1, 0.15) is 5.56 Å². The lowest BCUT2D eigenvalue weighted by atomic mass is 10.1. The number of aromatic nitrogens is 4. The van der Waals surface area contributed by atoms with Crippen LogP contribution in [-0.2, 0) is 11.8 Å². The van der Waals surface area contributed by atoms with Crippen molar-refractivity contribution in [3.63, 3.8) is 0 Å². The van der Waals surface area contributed by atoms with Crippen LogP contribution in [0.3, 0.4) is 0 Å². The predicted molar refractivity (Wildman–Crippen MR) is 106 cm³/mol. The normalized spacial score (nSPS) is 15.9. The summed E-state index contributed by atoms with van der Waals surface area (Å²) in [5, 5.41) is 4.51. The minimum absolute atomic E-state index is 0.155. The average Bonchev–Trinajstić information content (AvgIpc) is 3.16. The Labute approximate surface area is 159 Å². The highest BCUT2D eigenvalue weighted by atomic mass is 32.2. The van der Waals surface area contributed by atoms with Gasteiger partial charge in [-0.1, -0.05) is 24.0 Å². The minimum Gasteiger partial charge on any atom is -0.275 e. The fraction of sp³-hybridized carbons (Fsp3) is 0.0556. The van der Waals surface area contributed by atoms with E-state index in [-0.39, 0.29) is 5.91 Å². The fourth-order valence-electron chi connectivity index (χ4n) is 2.66. The molecule has 0 saturated carbocycles. The van der Waals surface area contributed by atoms with Crippen molar-refractivity contribution in [3.8, 4) is 11.3 Å². The van der Waals surface area contributed by atoms with Crippen LogP contribution in [0.4, 0.5) is 5.69 Å². The highest BCUT2D eigenvalue weighted by Gasteiger charge is 2.33. The Morgan fingerprint density at radius 2 is 1.96 bits per heavy atom. The van der Waals surface area contributed by atoms with E-state index in [1.54, 1.807) is 35.5 Å². The maximum Gasteiger partial charge on any atom is 0.270 e. The lowest BCUT2D eigenvalue weighted by Crippen LogP contribution is -2.27. The summed E-state index contributed by atoms with van der Waals surface area (Å²) in [6.07, 6.45) is 10.4. The smallest absolute Gasteiger partial charge is 0.270 e. The van der Waals surface area contributed by atoms with Crippen molar-refractivity contribution in [3.05, 3.63) is 65.7 Å². The SMILES string of the molecule is Cn1cc(/C=C2\SC(=S)N(c3cccnc3)C2=O)c(-c2ccncc2)n1. The lowest BCUT2D eigenvalue weighted by Gasteiger charge is -2.13. The van der Waals surface area contributed by atoms with Gasteiger partial charge in [-0.3, -0.25) is 24.3 Å². The topological polar surface area (TPSA) is 63.9 Å². The molecule has 0 bridgehead atoms. The Balaban J connectivity index is 1.72. The van der Waals surface area contributed by atoms with Crippen molar-refractivity contribution >= 4 is 46.0 Å². The van der Waals surface area contributed by atoms with Crippen LogP contribution in [-0.4, -0.2) is 30.0 Å². The zero-order valence-corrected chi connectivity index (χ0v) is 15.4. The molecular weight excluding hydrogens is 366 g/mol. The molecule has 1 amide bonds. The van der Waals surface area contributed by atoms with Crippen molar-refractivity contribution in [2.75, 3.05) is 4.90 Å². The van der Waals surface area contributed by atoms with E-state index in [1.807, 2.05) is 37.5 Å². The van der Waals surface area contributed by atoms with Gasteiger partial charge in [0.25, 0.3) is 5.91 Å². The standard InChI is InChI=1S/C18H13N5OS2/c1-22-11-13(16(21-22)12-4-7-19-8-5-12)9-15-17(24)23(18(25)26-15)14-3-2-6-20-10-14/h2-11H,1H3/b15-9-. The molecule has 0 aromatic carbocycles. The molecular formula is C18H13N5OS2. The number of nitrogens with zero attached hydrogens (tertiary/aromatic N) is 5. The summed E-state index contributed by atoms with van der Waals surface area (Å²) >= 11 is 6.67. The molecule has 0 N–H and O–H groups in total. The predicted octanol–water partition coefficient (Wildman–Crippen LogP) is 3.28. The van der Waals surface area contributed by atoms with Gasteiger partial charge in [-0.2, -0.15) is 5.10 Å². The number of thioether (sulfide) groups is 1. The molecule has 0 unspecified atom stereocenters. The van der Waals surface area contributed by atoms with Crippen LogP contribution >= 0.6 is 24.0 Å². The summed E-state index contributed by atoms with van der Waals surface area (Å²) in [4.78, 5) is 23.0. The van der Waals surface area contributed by atoms with Gasteiger partial charge in [0.2, 0.25) is 0 Å². The van der Waals surface area contributed by atoms with Crippen molar-refractivity contribution in [2.24, 2.45) is 7.05 Å². The third-order valence-electron chi connectivity index (χ3n) is 3.80.